The molecule has 3 N–H and O–H groups in total. The topological polar surface area (TPSA) is 156 Å². The Balaban J connectivity index is 1.31. The number of ether oxygens (including phenoxy) is 1. The standard InChI is InChI=1S/C27H24ClN9O3/c1-14(2)36-10-19(20-8-5-16(28)9-30-20)24(38)23(34-36)27(39)33-17-6-3-15(4-7-17)22-21-25(29)31-13-32-26(21)37(35-22)18-11-40-12-18/h3-10,13-14,18H,11-12H2,1-2H3,(H,33,39)(H2,29,31,32). The quantitative estimate of drug-likeness (QED) is 0.317. The maximum absolute atomic E-state index is 13.3. The summed E-state index contributed by atoms with van der Waals surface area (Å²) in [6.45, 7) is 4.90. The number of carbonyl (C=O) groups is 1. The highest BCUT2D eigenvalue weighted by Gasteiger charge is 2.27. The highest BCUT2D eigenvalue weighted by Crippen LogP contribution is 2.33. The number of anilines is 2. The summed E-state index contributed by atoms with van der Waals surface area (Å²) >= 11 is 5.96. The lowest BCUT2D eigenvalue weighted by atomic mass is 10.1. The fourth-order valence-corrected chi connectivity index (χ4v) is 4.47. The molecule has 5 heterocycles. The van der Waals surface area contributed by atoms with Crippen LogP contribution in [0.25, 0.3) is 33.5 Å². The molecule has 0 bridgehead atoms. The Labute approximate surface area is 232 Å². The van der Waals surface area contributed by atoms with Crippen LogP contribution in [0.15, 0.2) is 59.9 Å². The molecule has 202 valence electrons. The molecular weight excluding hydrogens is 534 g/mol. The van der Waals surface area contributed by atoms with Gasteiger partial charge in [0.05, 0.1) is 34.9 Å². The number of fused-ring (bicyclic) bond motifs is 1. The highest BCUT2D eigenvalue weighted by molar-refractivity contribution is 6.30. The molecule has 1 amide bonds. The summed E-state index contributed by atoms with van der Waals surface area (Å²) in [5.41, 5.74) is 8.56. The zero-order chi connectivity index (χ0) is 28.0. The number of hydrogen-bond acceptors (Lipinski definition) is 9. The van der Waals surface area contributed by atoms with Crippen molar-refractivity contribution in [3.8, 4) is 22.5 Å². The molecule has 1 aromatic carbocycles. The lowest BCUT2D eigenvalue weighted by molar-refractivity contribution is -0.0268. The van der Waals surface area contributed by atoms with Crippen LogP contribution < -0.4 is 16.5 Å². The largest absolute Gasteiger partial charge is 0.383 e. The molecule has 0 radical (unpaired) electrons. The number of amides is 1. The Morgan fingerprint density at radius 2 is 1.88 bits per heavy atom. The summed E-state index contributed by atoms with van der Waals surface area (Å²) in [6.07, 6.45) is 4.45. The van der Waals surface area contributed by atoms with Crippen molar-refractivity contribution in [2.24, 2.45) is 0 Å². The molecule has 0 aliphatic carbocycles. The second kappa shape index (κ2) is 10.1. The molecule has 1 saturated heterocycles. The highest BCUT2D eigenvalue weighted by atomic mass is 35.5. The van der Waals surface area contributed by atoms with Gasteiger partial charge in [-0.2, -0.15) is 10.2 Å². The van der Waals surface area contributed by atoms with Crippen LogP contribution in [0.1, 0.15) is 36.4 Å². The predicted molar refractivity (Wildman–Crippen MR) is 150 cm³/mol. The van der Waals surface area contributed by atoms with Gasteiger partial charge >= 0.3 is 0 Å². The monoisotopic (exact) mass is 557 g/mol. The van der Waals surface area contributed by atoms with Crippen LogP contribution >= 0.6 is 11.6 Å². The van der Waals surface area contributed by atoms with E-state index in [4.69, 9.17) is 27.2 Å². The van der Waals surface area contributed by atoms with Crippen molar-refractivity contribution in [1.29, 1.82) is 0 Å². The maximum atomic E-state index is 13.3. The van der Waals surface area contributed by atoms with Crippen LogP contribution in [-0.4, -0.2) is 53.6 Å². The Bertz CT molecular complexity index is 1790. The number of nitrogens with one attached hydrogen (secondary N) is 1. The minimum Gasteiger partial charge on any atom is -0.383 e. The number of hydrogen-bond donors (Lipinski definition) is 2. The zero-order valence-electron chi connectivity index (χ0n) is 21.6. The molecule has 0 atom stereocenters. The van der Waals surface area contributed by atoms with Crippen LogP contribution in [0.2, 0.25) is 5.02 Å². The first-order chi connectivity index (χ1) is 19.3. The SMILES string of the molecule is CC(C)n1cc(-c2ccc(Cl)cn2)c(=O)c(C(=O)Nc2ccc(-c3nn(C4COC4)c4ncnc(N)c34)cc2)n1. The summed E-state index contributed by atoms with van der Waals surface area (Å²) in [5, 5.41) is 12.9. The van der Waals surface area contributed by atoms with Gasteiger partial charge in [0, 0.05) is 29.7 Å². The number of benzene rings is 1. The van der Waals surface area contributed by atoms with E-state index >= 15 is 0 Å². The van der Waals surface area contributed by atoms with Crippen molar-refractivity contribution >= 4 is 40.0 Å². The van der Waals surface area contributed by atoms with E-state index in [2.05, 4.69) is 25.4 Å². The first kappa shape index (κ1) is 25.6. The molecule has 0 unspecified atom stereocenters. The normalized spacial score (nSPS) is 13.5. The van der Waals surface area contributed by atoms with E-state index in [1.54, 1.807) is 47.3 Å². The van der Waals surface area contributed by atoms with Gasteiger partial charge in [-0.25, -0.2) is 14.6 Å². The van der Waals surface area contributed by atoms with Crippen molar-refractivity contribution in [1.82, 2.24) is 34.5 Å². The number of pyridine rings is 1. The zero-order valence-corrected chi connectivity index (χ0v) is 22.3. The Morgan fingerprint density at radius 3 is 2.52 bits per heavy atom. The van der Waals surface area contributed by atoms with E-state index in [0.717, 1.165) is 5.56 Å². The molecule has 6 rings (SSSR count). The minimum absolute atomic E-state index is 0.0744. The van der Waals surface area contributed by atoms with Crippen LogP contribution in [-0.2, 0) is 4.74 Å². The molecule has 40 heavy (non-hydrogen) atoms. The number of carbonyl (C=O) groups excluding carboxylic acids is 1. The summed E-state index contributed by atoms with van der Waals surface area (Å²) in [4.78, 5) is 39.3. The molecule has 1 fully saturated rings. The van der Waals surface area contributed by atoms with Crippen molar-refractivity contribution in [3.05, 3.63) is 76.1 Å². The van der Waals surface area contributed by atoms with Gasteiger partial charge in [0.25, 0.3) is 5.91 Å². The number of nitrogens with zero attached hydrogens (tertiary/aromatic N) is 7. The molecule has 0 saturated carbocycles. The van der Waals surface area contributed by atoms with Gasteiger partial charge < -0.3 is 15.8 Å². The molecule has 0 spiro atoms. The van der Waals surface area contributed by atoms with E-state index in [-0.39, 0.29) is 23.3 Å². The third-order valence-corrected chi connectivity index (χ3v) is 6.81. The van der Waals surface area contributed by atoms with Gasteiger partial charge in [0.2, 0.25) is 5.43 Å². The predicted octanol–water partition coefficient (Wildman–Crippen LogP) is 3.75. The van der Waals surface area contributed by atoms with Gasteiger partial charge in [-0.05, 0) is 38.1 Å². The van der Waals surface area contributed by atoms with E-state index in [9.17, 15) is 9.59 Å². The third-order valence-electron chi connectivity index (χ3n) is 6.58. The van der Waals surface area contributed by atoms with Gasteiger partial charge in [-0.3, -0.25) is 19.3 Å². The molecule has 1 aliphatic heterocycles. The van der Waals surface area contributed by atoms with E-state index < -0.39 is 11.3 Å². The second-order valence-electron chi connectivity index (χ2n) is 9.63. The lowest BCUT2D eigenvalue weighted by Crippen LogP contribution is -2.31. The number of halogens is 1. The van der Waals surface area contributed by atoms with E-state index in [0.29, 0.717) is 52.2 Å². The first-order valence-corrected chi connectivity index (χ1v) is 12.9. The van der Waals surface area contributed by atoms with Crippen molar-refractivity contribution in [2.75, 3.05) is 24.3 Å². The second-order valence-corrected chi connectivity index (χ2v) is 10.1. The van der Waals surface area contributed by atoms with Crippen LogP contribution in [0.5, 0.6) is 0 Å². The molecule has 1 aliphatic rings. The van der Waals surface area contributed by atoms with Gasteiger partial charge in [0.1, 0.15) is 23.9 Å². The summed E-state index contributed by atoms with van der Waals surface area (Å²) in [7, 11) is 0. The van der Waals surface area contributed by atoms with Gasteiger partial charge in [0.15, 0.2) is 11.3 Å². The summed E-state index contributed by atoms with van der Waals surface area (Å²) in [5.74, 6) is -0.313. The first-order valence-electron chi connectivity index (χ1n) is 12.5. The number of rotatable bonds is 6. The smallest absolute Gasteiger partial charge is 0.280 e. The van der Waals surface area contributed by atoms with Crippen molar-refractivity contribution < 1.29 is 9.53 Å². The molecule has 13 heteroatoms. The minimum atomic E-state index is -0.639. The fraction of sp³-hybridized carbons (Fsp3) is 0.222. The maximum Gasteiger partial charge on any atom is 0.280 e. The molecule has 5 aromatic rings. The van der Waals surface area contributed by atoms with Crippen LogP contribution in [0.3, 0.4) is 0 Å². The third kappa shape index (κ3) is 4.56. The average Bonchev–Trinajstić information content (AvgIpc) is 3.29. The summed E-state index contributed by atoms with van der Waals surface area (Å²) in [6, 6.07) is 10.3. The van der Waals surface area contributed by atoms with Crippen LogP contribution in [0.4, 0.5) is 11.5 Å². The Morgan fingerprint density at radius 1 is 1.10 bits per heavy atom. The van der Waals surface area contributed by atoms with Crippen LogP contribution in [0, 0.1) is 0 Å². The number of nitrogens with two attached hydrogens (primary N) is 1. The van der Waals surface area contributed by atoms with Crippen molar-refractivity contribution in [3.63, 3.8) is 0 Å². The van der Waals surface area contributed by atoms with E-state index in [1.165, 1.54) is 12.5 Å². The summed E-state index contributed by atoms with van der Waals surface area (Å²) < 4.78 is 8.70. The van der Waals surface area contributed by atoms with E-state index in [1.807, 2.05) is 18.5 Å². The molecule has 4 aromatic heterocycles. The number of aromatic nitrogens is 7. The fourth-order valence-electron chi connectivity index (χ4n) is 4.36. The molecule has 12 nitrogen and oxygen atoms in total. The Kier molecular flexibility index (Phi) is 6.48. The average molecular weight is 558 g/mol. The Hall–Kier alpha value is -4.68. The van der Waals surface area contributed by atoms with Crippen molar-refractivity contribution in [2.45, 2.75) is 25.9 Å². The van der Waals surface area contributed by atoms with Gasteiger partial charge in [-0.15, -0.1) is 0 Å². The molecular formula is C27H24ClN9O3. The van der Waals surface area contributed by atoms with Gasteiger partial charge in [-0.1, -0.05) is 23.7 Å². The number of nitrogen functional groups attached to an aromatic ring is 1. The lowest BCUT2D eigenvalue weighted by Gasteiger charge is -2.26.